The van der Waals surface area contributed by atoms with Gasteiger partial charge >= 0.3 is 5.97 Å². The summed E-state index contributed by atoms with van der Waals surface area (Å²) in [5.41, 5.74) is 0.641. The smallest absolute Gasteiger partial charge is 0.350 e. The van der Waals surface area contributed by atoms with Crippen LogP contribution in [-0.4, -0.2) is 39.2 Å². The summed E-state index contributed by atoms with van der Waals surface area (Å²) in [5.74, 6) is 0.423. The number of hydrogen-bond donors (Lipinski definition) is 0. The van der Waals surface area contributed by atoms with Crippen LogP contribution in [0.2, 0.25) is 0 Å². The second-order valence-electron chi connectivity index (χ2n) is 6.07. The summed E-state index contributed by atoms with van der Waals surface area (Å²) in [6.45, 7) is 3.12. The molecule has 1 amide bonds. The summed E-state index contributed by atoms with van der Waals surface area (Å²) in [5, 5.41) is 1.82. The third-order valence-corrected chi connectivity index (χ3v) is 5.34. The molecule has 0 aliphatic heterocycles. The average molecular weight is 339 g/mol. The van der Waals surface area contributed by atoms with Crippen LogP contribution in [0.15, 0.2) is 11.4 Å². The Hall–Kier alpha value is -1.40. The number of carbonyl (C=O) groups is 2. The van der Waals surface area contributed by atoms with Gasteiger partial charge in [0.15, 0.2) is 0 Å². The highest BCUT2D eigenvalue weighted by Crippen LogP contribution is 2.33. The van der Waals surface area contributed by atoms with Gasteiger partial charge in [-0.15, -0.1) is 11.3 Å². The molecule has 0 bridgehead atoms. The highest BCUT2D eigenvalue weighted by Gasteiger charge is 2.31. The third-order valence-electron chi connectivity index (χ3n) is 4.46. The first-order valence-corrected chi connectivity index (χ1v) is 8.92. The lowest BCUT2D eigenvalue weighted by Crippen LogP contribution is -2.40. The van der Waals surface area contributed by atoms with Crippen molar-refractivity contribution in [2.75, 3.05) is 32.3 Å². The molecule has 0 unspecified atom stereocenters. The minimum absolute atomic E-state index is 0.0356. The average Bonchev–Trinajstić information content (AvgIpc) is 3.04. The molecule has 0 atom stereocenters. The van der Waals surface area contributed by atoms with Gasteiger partial charge < -0.3 is 14.4 Å². The number of ether oxygens (including phenoxy) is 2. The maximum atomic E-state index is 13.0. The van der Waals surface area contributed by atoms with E-state index in [2.05, 4.69) is 6.92 Å². The molecule has 0 radical (unpaired) electrons. The molecular formula is C17H25NO4S. The summed E-state index contributed by atoms with van der Waals surface area (Å²) < 4.78 is 9.98. The topological polar surface area (TPSA) is 55.8 Å². The van der Waals surface area contributed by atoms with Gasteiger partial charge in [-0.25, -0.2) is 4.79 Å². The third kappa shape index (κ3) is 4.32. The van der Waals surface area contributed by atoms with Crippen LogP contribution in [-0.2, 0) is 14.3 Å². The summed E-state index contributed by atoms with van der Waals surface area (Å²) in [6.07, 6.45) is 4.01. The van der Waals surface area contributed by atoms with Crippen LogP contribution in [0.5, 0.6) is 0 Å². The number of methoxy groups -OCH3 is 2. The van der Waals surface area contributed by atoms with Crippen LogP contribution in [0.1, 0.15) is 42.3 Å². The monoisotopic (exact) mass is 339 g/mol. The van der Waals surface area contributed by atoms with Crippen molar-refractivity contribution >= 4 is 28.9 Å². The first-order valence-electron chi connectivity index (χ1n) is 8.04. The zero-order valence-corrected chi connectivity index (χ0v) is 14.9. The van der Waals surface area contributed by atoms with Crippen molar-refractivity contribution in [3.05, 3.63) is 16.3 Å². The molecule has 128 valence electrons. The maximum Gasteiger partial charge on any atom is 0.350 e. The van der Waals surface area contributed by atoms with Crippen molar-refractivity contribution in [1.29, 1.82) is 0 Å². The Morgan fingerprint density at radius 3 is 2.57 bits per heavy atom. The normalized spacial score (nSPS) is 21.0. The molecule has 2 rings (SSSR count). The van der Waals surface area contributed by atoms with E-state index < -0.39 is 5.97 Å². The molecule has 1 heterocycles. The van der Waals surface area contributed by atoms with Gasteiger partial charge in [-0.05, 0) is 43.0 Å². The molecule has 0 aromatic carbocycles. The van der Waals surface area contributed by atoms with E-state index in [0.717, 1.165) is 25.7 Å². The molecule has 1 aromatic heterocycles. The van der Waals surface area contributed by atoms with E-state index in [9.17, 15) is 9.59 Å². The second kappa shape index (κ2) is 8.45. The Labute approximate surface area is 141 Å². The maximum absolute atomic E-state index is 13.0. The van der Waals surface area contributed by atoms with E-state index in [1.807, 2.05) is 11.4 Å². The van der Waals surface area contributed by atoms with Gasteiger partial charge in [0, 0.05) is 19.6 Å². The van der Waals surface area contributed by atoms with Gasteiger partial charge in [0.1, 0.15) is 4.88 Å². The molecule has 1 aliphatic rings. The molecule has 1 saturated carbocycles. The zero-order valence-electron chi connectivity index (χ0n) is 14.0. The summed E-state index contributed by atoms with van der Waals surface area (Å²) in [6, 6.07) is 1.82. The summed E-state index contributed by atoms with van der Waals surface area (Å²) in [4.78, 5) is 27.1. The highest BCUT2D eigenvalue weighted by molar-refractivity contribution is 7.12. The molecule has 1 aliphatic carbocycles. The van der Waals surface area contributed by atoms with Gasteiger partial charge in [-0.2, -0.15) is 0 Å². The van der Waals surface area contributed by atoms with Gasteiger partial charge in [0.2, 0.25) is 5.91 Å². The van der Waals surface area contributed by atoms with E-state index in [1.165, 1.54) is 18.4 Å². The van der Waals surface area contributed by atoms with Crippen molar-refractivity contribution in [2.45, 2.75) is 32.6 Å². The lowest BCUT2D eigenvalue weighted by molar-refractivity contribution is -0.123. The van der Waals surface area contributed by atoms with Crippen molar-refractivity contribution in [1.82, 2.24) is 0 Å². The fourth-order valence-corrected chi connectivity index (χ4v) is 3.83. The van der Waals surface area contributed by atoms with Gasteiger partial charge in [-0.3, -0.25) is 4.79 Å². The number of carbonyl (C=O) groups excluding carboxylic acids is 2. The zero-order chi connectivity index (χ0) is 16.8. The predicted molar refractivity (Wildman–Crippen MR) is 91.0 cm³/mol. The number of nitrogens with zero attached hydrogens (tertiary/aromatic N) is 1. The van der Waals surface area contributed by atoms with E-state index in [1.54, 1.807) is 12.0 Å². The number of hydrogen-bond acceptors (Lipinski definition) is 5. The molecular weight excluding hydrogens is 314 g/mol. The van der Waals surface area contributed by atoms with E-state index in [0.29, 0.717) is 29.6 Å². The minimum atomic E-state index is -0.400. The van der Waals surface area contributed by atoms with Crippen molar-refractivity contribution < 1.29 is 19.1 Å². The van der Waals surface area contributed by atoms with Crippen molar-refractivity contribution in [3.63, 3.8) is 0 Å². The number of esters is 1. The number of rotatable bonds is 6. The Balaban J connectivity index is 2.21. The Morgan fingerprint density at radius 2 is 1.96 bits per heavy atom. The van der Waals surface area contributed by atoms with E-state index in [4.69, 9.17) is 9.47 Å². The molecule has 23 heavy (non-hydrogen) atoms. The molecule has 0 N–H and O–H groups in total. The highest BCUT2D eigenvalue weighted by atomic mass is 32.1. The van der Waals surface area contributed by atoms with Crippen LogP contribution in [0.3, 0.4) is 0 Å². The Morgan fingerprint density at radius 1 is 1.26 bits per heavy atom. The molecule has 6 heteroatoms. The molecule has 1 fully saturated rings. The predicted octanol–water partition coefficient (Wildman–Crippen LogP) is 3.34. The first kappa shape index (κ1) is 17.9. The van der Waals surface area contributed by atoms with Gasteiger partial charge in [0.25, 0.3) is 0 Å². The summed E-state index contributed by atoms with van der Waals surface area (Å²) in [7, 11) is 2.97. The molecule has 0 spiro atoms. The first-order chi connectivity index (χ1) is 11.1. The lowest BCUT2D eigenvalue weighted by Gasteiger charge is -2.31. The van der Waals surface area contributed by atoms with Crippen LogP contribution in [0.25, 0.3) is 0 Å². The van der Waals surface area contributed by atoms with Crippen LogP contribution in [0.4, 0.5) is 5.69 Å². The quantitative estimate of drug-likeness (QED) is 0.746. The van der Waals surface area contributed by atoms with Crippen LogP contribution in [0, 0.1) is 11.8 Å². The Kier molecular flexibility index (Phi) is 6.59. The van der Waals surface area contributed by atoms with Crippen LogP contribution < -0.4 is 4.90 Å². The van der Waals surface area contributed by atoms with Crippen LogP contribution >= 0.6 is 11.3 Å². The fraction of sp³-hybridized carbons (Fsp3) is 0.647. The molecule has 5 nitrogen and oxygen atoms in total. The standard InChI is InChI=1S/C17H25NO4S/c1-12-4-6-13(7-5-12)16(19)18(9-10-21-2)14-8-11-23-15(14)17(20)22-3/h8,11-13H,4-7,9-10H2,1-3H3/t12-,13-. The van der Waals surface area contributed by atoms with E-state index >= 15 is 0 Å². The van der Waals surface area contributed by atoms with Crippen molar-refractivity contribution in [2.24, 2.45) is 11.8 Å². The number of amides is 1. The Bertz CT molecular complexity index is 534. The minimum Gasteiger partial charge on any atom is -0.465 e. The van der Waals surface area contributed by atoms with Gasteiger partial charge in [-0.1, -0.05) is 6.92 Å². The largest absolute Gasteiger partial charge is 0.465 e. The van der Waals surface area contributed by atoms with Gasteiger partial charge in [0.05, 0.1) is 19.4 Å². The molecule has 1 aromatic rings. The number of anilines is 1. The summed E-state index contributed by atoms with van der Waals surface area (Å²) >= 11 is 1.30. The molecule has 0 saturated heterocycles. The van der Waals surface area contributed by atoms with E-state index in [-0.39, 0.29) is 11.8 Å². The number of thiophene rings is 1. The fourth-order valence-electron chi connectivity index (χ4n) is 3.02. The van der Waals surface area contributed by atoms with Crippen molar-refractivity contribution in [3.8, 4) is 0 Å². The SMILES string of the molecule is COCCN(c1ccsc1C(=O)OC)C(=O)[C@H]1CC[C@H](C)CC1. The lowest BCUT2D eigenvalue weighted by atomic mass is 9.82. The second-order valence-corrected chi connectivity index (χ2v) is 6.98.